The minimum Gasteiger partial charge on any atom is -0.387 e. The number of halogens is 1. The minimum atomic E-state index is -1.61. The van der Waals surface area contributed by atoms with Gasteiger partial charge in [0.25, 0.3) is 0 Å². The van der Waals surface area contributed by atoms with Crippen LogP contribution in [0.25, 0.3) is 0 Å². The van der Waals surface area contributed by atoms with E-state index in [0.29, 0.717) is 6.61 Å². The molecular weight excluding hydrogens is 251 g/mol. The van der Waals surface area contributed by atoms with E-state index in [1.165, 1.54) is 7.11 Å². The lowest BCUT2D eigenvalue weighted by Gasteiger charge is -2.39. The molecule has 2 rings (SSSR count). The lowest BCUT2D eigenvalue weighted by atomic mass is 10.0. The van der Waals surface area contributed by atoms with Crippen LogP contribution in [0.1, 0.15) is 12.5 Å². The Labute approximate surface area is 112 Å². The Hall–Kier alpha value is -1.01. The second-order valence-electron chi connectivity index (χ2n) is 4.64. The number of hydrogen-bond donors (Lipinski definition) is 1. The largest absolute Gasteiger partial charge is 0.387 e. The van der Waals surface area contributed by atoms with E-state index < -0.39 is 30.8 Å². The summed E-state index contributed by atoms with van der Waals surface area (Å²) < 4.78 is 29.6. The van der Waals surface area contributed by atoms with Gasteiger partial charge >= 0.3 is 0 Å². The summed E-state index contributed by atoms with van der Waals surface area (Å²) in [5.74, 6) is 0. The fourth-order valence-electron chi connectivity index (χ4n) is 2.17. The van der Waals surface area contributed by atoms with Crippen LogP contribution in [0.5, 0.6) is 0 Å². The Bertz CT molecular complexity index is 386. The molecule has 0 amide bonds. The van der Waals surface area contributed by atoms with Gasteiger partial charge in [0.1, 0.15) is 12.2 Å². The molecule has 1 aromatic rings. The number of methoxy groups -OCH3 is 1. The molecule has 1 aliphatic rings. The molecule has 1 N–H and O–H groups in total. The Morgan fingerprint density at radius 2 is 2.00 bits per heavy atom. The van der Waals surface area contributed by atoms with Crippen molar-refractivity contribution in [2.75, 3.05) is 7.11 Å². The normalized spacial score (nSPS) is 35.3. The molecule has 0 radical (unpaired) electrons. The van der Waals surface area contributed by atoms with E-state index in [1.54, 1.807) is 6.92 Å². The Balaban J connectivity index is 1.96. The van der Waals surface area contributed by atoms with Gasteiger partial charge in [0, 0.05) is 7.11 Å². The van der Waals surface area contributed by atoms with Gasteiger partial charge in [-0.05, 0) is 12.5 Å². The van der Waals surface area contributed by atoms with Gasteiger partial charge in [-0.2, -0.15) is 0 Å². The Kier molecular flexibility index (Phi) is 4.87. The monoisotopic (exact) mass is 270 g/mol. The van der Waals surface area contributed by atoms with E-state index in [0.717, 1.165) is 5.56 Å². The number of rotatable bonds is 4. The van der Waals surface area contributed by atoms with Crippen LogP contribution >= 0.6 is 0 Å². The molecule has 0 spiro atoms. The molecule has 1 saturated heterocycles. The minimum absolute atomic E-state index is 0.306. The van der Waals surface area contributed by atoms with E-state index in [-0.39, 0.29) is 0 Å². The maximum absolute atomic E-state index is 13.8. The van der Waals surface area contributed by atoms with Crippen LogP contribution in [-0.4, -0.2) is 43.0 Å². The van der Waals surface area contributed by atoms with Crippen molar-refractivity contribution < 1.29 is 23.7 Å². The van der Waals surface area contributed by atoms with Crippen molar-refractivity contribution in [1.29, 1.82) is 0 Å². The van der Waals surface area contributed by atoms with E-state index in [1.807, 2.05) is 30.3 Å². The fraction of sp³-hybridized carbons (Fsp3) is 0.571. The summed E-state index contributed by atoms with van der Waals surface area (Å²) >= 11 is 0. The number of alkyl halides is 1. The molecule has 4 nitrogen and oxygen atoms in total. The third kappa shape index (κ3) is 3.30. The molecular formula is C14H19FO4. The molecule has 19 heavy (non-hydrogen) atoms. The molecule has 0 unspecified atom stereocenters. The zero-order valence-electron chi connectivity index (χ0n) is 11.0. The van der Waals surface area contributed by atoms with E-state index in [2.05, 4.69) is 0 Å². The quantitative estimate of drug-likeness (QED) is 0.904. The third-order valence-corrected chi connectivity index (χ3v) is 3.25. The van der Waals surface area contributed by atoms with Crippen LogP contribution < -0.4 is 0 Å². The average Bonchev–Trinajstić information content (AvgIpc) is 2.44. The maximum Gasteiger partial charge on any atom is 0.191 e. The van der Waals surface area contributed by atoms with Crippen molar-refractivity contribution >= 4 is 0 Å². The highest BCUT2D eigenvalue weighted by molar-refractivity contribution is 5.13. The standard InChI is InChI=1S/C14H19FO4/c1-9-13(12(16)11(15)14(17-2)19-9)18-8-10-6-4-3-5-7-10/h3-7,9,11-14,16H,8H2,1-2H3/t9-,11+,12+,13+,14+/m0/s1. The first-order valence-corrected chi connectivity index (χ1v) is 6.29. The highest BCUT2D eigenvalue weighted by atomic mass is 19.1. The molecule has 0 aliphatic carbocycles. The fourth-order valence-corrected chi connectivity index (χ4v) is 2.17. The van der Waals surface area contributed by atoms with Gasteiger partial charge in [0.15, 0.2) is 12.5 Å². The molecule has 106 valence electrons. The molecule has 0 bridgehead atoms. The van der Waals surface area contributed by atoms with Crippen LogP contribution in [0, 0.1) is 0 Å². The highest BCUT2D eigenvalue weighted by Gasteiger charge is 2.44. The van der Waals surface area contributed by atoms with Crippen molar-refractivity contribution in [2.24, 2.45) is 0 Å². The van der Waals surface area contributed by atoms with Crippen molar-refractivity contribution in [3.05, 3.63) is 35.9 Å². The zero-order valence-corrected chi connectivity index (χ0v) is 11.0. The molecule has 0 aromatic heterocycles. The van der Waals surface area contributed by atoms with E-state index in [9.17, 15) is 9.50 Å². The number of hydrogen-bond acceptors (Lipinski definition) is 4. The van der Waals surface area contributed by atoms with Crippen molar-refractivity contribution in [3.8, 4) is 0 Å². The van der Waals surface area contributed by atoms with Crippen LogP contribution in [0.3, 0.4) is 0 Å². The van der Waals surface area contributed by atoms with E-state index >= 15 is 0 Å². The maximum atomic E-state index is 13.8. The Morgan fingerprint density at radius 1 is 1.32 bits per heavy atom. The lowest BCUT2D eigenvalue weighted by Crippen LogP contribution is -2.56. The predicted molar refractivity (Wildman–Crippen MR) is 67.3 cm³/mol. The van der Waals surface area contributed by atoms with E-state index in [4.69, 9.17) is 14.2 Å². The van der Waals surface area contributed by atoms with Crippen LogP contribution in [0.2, 0.25) is 0 Å². The number of benzene rings is 1. The molecule has 1 heterocycles. The summed E-state index contributed by atoms with van der Waals surface area (Å²) in [4.78, 5) is 0. The summed E-state index contributed by atoms with van der Waals surface area (Å²) in [6.07, 6.45) is -5.04. The van der Waals surface area contributed by atoms with Crippen LogP contribution in [-0.2, 0) is 20.8 Å². The second-order valence-corrected chi connectivity index (χ2v) is 4.64. The van der Waals surface area contributed by atoms with Gasteiger partial charge in [-0.1, -0.05) is 30.3 Å². The topological polar surface area (TPSA) is 47.9 Å². The molecule has 1 aromatic carbocycles. The second kappa shape index (κ2) is 6.43. The molecule has 1 fully saturated rings. The highest BCUT2D eigenvalue weighted by Crippen LogP contribution is 2.26. The molecule has 5 atom stereocenters. The van der Waals surface area contributed by atoms with Crippen molar-refractivity contribution in [3.63, 3.8) is 0 Å². The summed E-state index contributed by atoms with van der Waals surface area (Å²) in [7, 11) is 1.35. The smallest absolute Gasteiger partial charge is 0.191 e. The van der Waals surface area contributed by atoms with Gasteiger partial charge in [-0.3, -0.25) is 0 Å². The number of aliphatic hydroxyl groups excluding tert-OH is 1. The van der Waals surface area contributed by atoms with Gasteiger partial charge in [-0.25, -0.2) is 4.39 Å². The van der Waals surface area contributed by atoms with Gasteiger partial charge < -0.3 is 19.3 Å². The van der Waals surface area contributed by atoms with Gasteiger partial charge in [0.05, 0.1) is 12.7 Å². The number of ether oxygens (including phenoxy) is 3. The SMILES string of the molecule is CO[C@@H]1O[C@@H](C)[C@@H](OCc2ccccc2)[C@H](O)[C@H]1F. The van der Waals surface area contributed by atoms with Crippen molar-refractivity contribution in [2.45, 2.75) is 44.3 Å². The zero-order chi connectivity index (χ0) is 13.8. The predicted octanol–water partition coefficient (Wildman–Crippen LogP) is 1.66. The van der Waals surface area contributed by atoms with Gasteiger partial charge in [-0.15, -0.1) is 0 Å². The average molecular weight is 270 g/mol. The number of aliphatic hydroxyl groups is 1. The summed E-state index contributed by atoms with van der Waals surface area (Å²) in [6.45, 7) is 2.04. The van der Waals surface area contributed by atoms with Crippen molar-refractivity contribution in [1.82, 2.24) is 0 Å². The first kappa shape index (κ1) is 14.4. The molecule has 5 heteroatoms. The van der Waals surface area contributed by atoms with Gasteiger partial charge in [0.2, 0.25) is 0 Å². The molecule has 1 aliphatic heterocycles. The Morgan fingerprint density at radius 3 is 2.63 bits per heavy atom. The molecule has 0 saturated carbocycles. The third-order valence-electron chi connectivity index (χ3n) is 3.25. The van der Waals surface area contributed by atoms with Crippen LogP contribution in [0.15, 0.2) is 30.3 Å². The van der Waals surface area contributed by atoms with Crippen LogP contribution in [0.4, 0.5) is 4.39 Å². The summed E-state index contributed by atoms with van der Waals surface area (Å²) in [5, 5.41) is 9.93. The first-order chi connectivity index (χ1) is 9.13. The first-order valence-electron chi connectivity index (χ1n) is 6.29. The summed E-state index contributed by atoms with van der Waals surface area (Å²) in [5.41, 5.74) is 0.964. The lowest BCUT2D eigenvalue weighted by molar-refractivity contribution is -0.279. The summed E-state index contributed by atoms with van der Waals surface area (Å²) in [6, 6.07) is 9.52.